The first-order chi connectivity index (χ1) is 7.34. The fourth-order valence-electron chi connectivity index (χ4n) is 1.46. The first-order valence-corrected chi connectivity index (χ1v) is 5.84. The van der Waals surface area contributed by atoms with Crippen molar-refractivity contribution in [1.82, 2.24) is 0 Å². The molecule has 0 fully saturated rings. The van der Waals surface area contributed by atoms with Gasteiger partial charge in [0, 0.05) is 0 Å². The second-order valence-electron chi connectivity index (χ2n) is 3.83. The Labute approximate surface area is 92.6 Å². The predicted octanol–water partition coefficient (Wildman–Crippen LogP) is 1.74. The molecule has 1 aromatic carbocycles. The molecule has 1 aromatic rings. The lowest BCUT2D eigenvalue weighted by Crippen LogP contribution is -2.85. The highest BCUT2D eigenvalue weighted by Gasteiger charge is 1.97. The zero-order chi connectivity index (χ0) is 10.9. The molecule has 0 heterocycles. The molecule has 0 saturated heterocycles. The average Bonchev–Trinajstić information content (AvgIpc) is 2.25. The normalized spacial score (nSPS) is 10.3. The molecule has 84 valence electrons. The first kappa shape index (κ1) is 12.1. The molecule has 0 bridgehead atoms. The summed E-state index contributed by atoms with van der Waals surface area (Å²) in [5, 5.41) is 2.32. The average molecular weight is 208 g/mol. The van der Waals surface area contributed by atoms with E-state index < -0.39 is 0 Å². The van der Waals surface area contributed by atoms with Gasteiger partial charge in [-0.25, -0.2) is 0 Å². The van der Waals surface area contributed by atoms with Crippen molar-refractivity contribution < 1.29 is 10.1 Å². The van der Waals surface area contributed by atoms with Crippen molar-refractivity contribution >= 4 is 0 Å². The fourth-order valence-corrected chi connectivity index (χ4v) is 1.46. The Morgan fingerprint density at radius 3 is 2.73 bits per heavy atom. The number of hydrogen-bond acceptors (Lipinski definition) is 1. The number of benzene rings is 1. The third-order valence-electron chi connectivity index (χ3n) is 2.43. The van der Waals surface area contributed by atoms with E-state index in [0.29, 0.717) is 0 Å². The number of nitrogens with two attached hydrogens (primary N) is 1. The highest BCUT2D eigenvalue weighted by Crippen LogP contribution is 2.15. The highest BCUT2D eigenvalue weighted by molar-refractivity contribution is 5.31. The Balaban J connectivity index is 2.12. The minimum Gasteiger partial charge on any atom is -0.487 e. The van der Waals surface area contributed by atoms with Crippen LogP contribution >= 0.6 is 0 Å². The minimum absolute atomic E-state index is 0.800. The molecule has 0 aliphatic rings. The van der Waals surface area contributed by atoms with Crippen molar-refractivity contribution in [1.29, 1.82) is 0 Å². The molecule has 0 saturated carbocycles. The Morgan fingerprint density at radius 1 is 1.20 bits per heavy atom. The molecule has 0 atom stereocenters. The summed E-state index contributed by atoms with van der Waals surface area (Å²) < 4.78 is 5.69. The van der Waals surface area contributed by atoms with E-state index >= 15 is 0 Å². The Bertz CT molecular complexity index is 273. The Morgan fingerprint density at radius 2 is 2.00 bits per heavy atom. The fraction of sp³-hybridized carbons (Fsp3) is 0.538. The lowest BCUT2D eigenvalue weighted by molar-refractivity contribution is -0.655. The molecule has 0 spiro atoms. The van der Waals surface area contributed by atoms with Gasteiger partial charge >= 0.3 is 0 Å². The number of para-hydroxylation sites is 1. The molecule has 2 N–H and O–H groups in total. The van der Waals surface area contributed by atoms with Gasteiger partial charge in [0.2, 0.25) is 0 Å². The third kappa shape index (κ3) is 4.84. The molecule has 0 aliphatic carbocycles. The van der Waals surface area contributed by atoms with Gasteiger partial charge in [-0.15, -0.1) is 0 Å². The van der Waals surface area contributed by atoms with Crippen molar-refractivity contribution in [2.75, 3.05) is 19.7 Å². The van der Waals surface area contributed by atoms with Gasteiger partial charge in [-0.2, -0.15) is 0 Å². The number of ether oxygens (including phenoxy) is 1. The summed E-state index contributed by atoms with van der Waals surface area (Å²) in [5.41, 5.74) is 1.21. The third-order valence-corrected chi connectivity index (χ3v) is 2.43. The van der Waals surface area contributed by atoms with E-state index in [2.05, 4.69) is 25.2 Å². The monoisotopic (exact) mass is 208 g/mol. The van der Waals surface area contributed by atoms with E-state index in [1.807, 2.05) is 18.2 Å². The van der Waals surface area contributed by atoms with Gasteiger partial charge in [-0.05, 0) is 25.0 Å². The van der Waals surface area contributed by atoms with Gasteiger partial charge in [-0.1, -0.05) is 31.5 Å². The molecule has 1 rings (SSSR count). The number of rotatable bonds is 7. The van der Waals surface area contributed by atoms with E-state index in [0.717, 1.165) is 18.9 Å². The van der Waals surface area contributed by atoms with Gasteiger partial charge in [0.25, 0.3) is 0 Å². The van der Waals surface area contributed by atoms with Crippen LogP contribution in [0.5, 0.6) is 5.75 Å². The van der Waals surface area contributed by atoms with Crippen molar-refractivity contribution in [3.63, 3.8) is 0 Å². The Kier molecular flexibility index (Phi) is 5.86. The van der Waals surface area contributed by atoms with E-state index in [-0.39, 0.29) is 0 Å². The molecular formula is C13H22NO+. The van der Waals surface area contributed by atoms with Gasteiger partial charge < -0.3 is 10.1 Å². The van der Waals surface area contributed by atoms with Crippen LogP contribution in [0.3, 0.4) is 0 Å². The minimum atomic E-state index is 0.800. The smallest absolute Gasteiger partial charge is 0.137 e. The van der Waals surface area contributed by atoms with Crippen LogP contribution in [0.4, 0.5) is 0 Å². The molecule has 2 nitrogen and oxygen atoms in total. The summed E-state index contributed by atoms with van der Waals surface area (Å²) in [6.07, 6.45) is 2.57. The standard InChI is InChI=1S/C13H21NO/c1-3-4-9-14-10-11-15-13-8-6-5-7-12(13)2/h5-8,14H,3-4,9-11H2,1-2H3/p+1. The molecule has 0 aromatic heterocycles. The van der Waals surface area contributed by atoms with Crippen LogP contribution in [0.2, 0.25) is 0 Å². The maximum Gasteiger partial charge on any atom is 0.137 e. The zero-order valence-electron chi connectivity index (χ0n) is 9.83. The van der Waals surface area contributed by atoms with Crippen LogP contribution in [-0.4, -0.2) is 19.7 Å². The molecule has 15 heavy (non-hydrogen) atoms. The molecule has 0 amide bonds. The molecule has 0 radical (unpaired) electrons. The topological polar surface area (TPSA) is 25.8 Å². The van der Waals surface area contributed by atoms with Crippen LogP contribution in [0.25, 0.3) is 0 Å². The van der Waals surface area contributed by atoms with E-state index in [1.165, 1.54) is 24.9 Å². The van der Waals surface area contributed by atoms with E-state index in [9.17, 15) is 0 Å². The van der Waals surface area contributed by atoms with Crippen molar-refractivity contribution in [2.45, 2.75) is 26.7 Å². The number of aryl methyl sites for hydroxylation is 1. The lowest BCUT2D eigenvalue weighted by atomic mass is 10.2. The zero-order valence-corrected chi connectivity index (χ0v) is 9.83. The Hall–Kier alpha value is -1.02. The van der Waals surface area contributed by atoms with Crippen molar-refractivity contribution in [3.8, 4) is 5.75 Å². The van der Waals surface area contributed by atoms with E-state index in [1.54, 1.807) is 0 Å². The molecular weight excluding hydrogens is 186 g/mol. The number of hydrogen-bond donors (Lipinski definition) is 1. The summed E-state index contributed by atoms with van der Waals surface area (Å²) >= 11 is 0. The maximum absolute atomic E-state index is 5.69. The summed E-state index contributed by atoms with van der Waals surface area (Å²) in [7, 11) is 0. The highest BCUT2D eigenvalue weighted by atomic mass is 16.5. The summed E-state index contributed by atoms with van der Waals surface area (Å²) in [6.45, 7) is 7.37. The quantitative estimate of drug-likeness (QED) is 0.679. The van der Waals surface area contributed by atoms with Gasteiger partial charge in [0.1, 0.15) is 18.9 Å². The molecule has 2 heteroatoms. The molecule has 0 unspecified atom stereocenters. The summed E-state index contributed by atoms with van der Waals surface area (Å²) in [4.78, 5) is 0. The second-order valence-corrected chi connectivity index (χ2v) is 3.83. The maximum atomic E-state index is 5.69. The summed E-state index contributed by atoms with van der Waals surface area (Å²) in [6, 6.07) is 8.16. The van der Waals surface area contributed by atoms with Crippen LogP contribution in [0.1, 0.15) is 25.3 Å². The van der Waals surface area contributed by atoms with Crippen molar-refractivity contribution in [2.24, 2.45) is 0 Å². The second kappa shape index (κ2) is 7.30. The molecule has 0 aliphatic heterocycles. The van der Waals surface area contributed by atoms with Crippen LogP contribution in [0, 0.1) is 6.92 Å². The number of quaternary nitrogens is 1. The van der Waals surface area contributed by atoms with Crippen LogP contribution in [-0.2, 0) is 0 Å². The van der Waals surface area contributed by atoms with Crippen LogP contribution in [0.15, 0.2) is 24.3 Å². The summed E-state index contributed by atoms with van der Waals surface area (Å²) in [5.74, 6) is 1.02. The van der Waals surface area contributed by atoms with Gasteiger partial charge in [-0.3, -0.25) is 0 Å². The lowest BCUT2D eigenvalue weighted by Gasteiger charge is -2.07. The SMILES string of the molecule is CCCC[NH2+]CCOc1ccccc1C. The van der Waals surface area contributed by atoms with Crippen molar-refractivity contribution in [3.05, 3.63) is 29.8 Å². The largest absolute Gasteiger partial charge is 0.487 e. The van der Waals surface area contributed by atoms with Gasteiger partial charge in [0.05, 0.1) is 6.54 Å². The van der Waals surface area contributed by atoms with Crippen LogP contribution < -0.4 is 10.1 Å². The van der Waals surface area contributed by atoms with Gasteiger partial charge in [0.15, 0.2) is 0 Å². The first-order valence-electron chi connectivity index (χ1n) is 5.84. The number of unbranched alkanes of at least 4 members (excludes halogenated alkanes) is 1. The van der Waals surface area contributed by atoms with E-state index in [4.69, 9.17) is 4.74 Å². The predicted molar refractivity (Wildman–Crippen MR) is 63.2 cm³/mol.